The van der Waals surface area contributed by atoms with Gasteiger partial charge < -0.3 is 8.97 Å². The SMILES string of the molecule is O=c1c2cc(Br)c(Br)n2cc2n1CCC2Br. The summed E-state index contributed by atoms with van der Waals surface area (Å²) in [5.41, 5.74) is 1.82. The minimum Gasteiger partial charge on any atom is -0.308 e. The Morgan fingerprint density at radius 2 is 2.12 bits per heavy atom. The zero-order valence-corrected chi connectivity index (χ0v) is 12.8. The molecule has 0 aromatic carbocycles. The molecule has 16 heavy (non-hydrogen) atoms. The van der Waals surface area contributed by atoms with Gasteiger partial charge in [-0.25, -0.2) is 0 Å². The van der Waals surface area contributed by atoms with Crippen LogP contribution in [-0.2, 0) is 6.54 Å². The van der Waals surface area contributed by atoms with E-state index in [0.29, 0.717) is 5.52 Å². The van der Waals surface area contributed by atoms with Crippen molar-refractivity contribution >= 4 is 53.3 Å². The number of hydrogen-bond acceptors (Lipinski definition) is 1. The molecule has 2 aromatic rings. The van der Waals surface area contributed by atoms with Gasteiger partial charge in [0.2, 0.25) is 0 Å². The Hall–Kier alpha value is -0.0700. The van der Waals surface area contributed by atoms with E-state index in [4.69, 9.17) is 0 Å². The van der Waals surface area contributed by atoms with E-state index in [1.807, 2.05) is 21.2 Å². The summed E-state index contributed by atoms with van der Waals surface area (Å²) in [6, 6.07) is 1.85. The van der Waals surface area contributed by atoms with E-state index in [9.17, 15) is 4.79 Å². The number of rotatable bonds is 0. The van der Waals surface area contributed by atoms with E-state index in [1.54, 1.807) is 0 Å². The number of hydrogen-bond donors (Lipinski definition) is 0. The van der Waals surface area contributed by atoms with Crippen LogP contribution in [0.1, 0.15) is 16.9 Å². The second-order valence-electron chi connectivity index (χ2n) is 3.81. The third-order valence-electron chi connectivity index (χ3n) is 2.90. The lowest BCUT2D eigenvalue weighted by Gasteiger charge is -2.06. The first kappa shape index (κ1) is 11.0. The van der Waals surface area contributed by atoms with E-state index in [2.05, 4.69) is 47.8 Å². The van der Waals surface area contributed by atoms with Crippen LogP contribution in [0.15, 0.2) is 26.1 Å². The zero-order chi connectivity index (χ0) is 11.4. The molecule has 0 spiro atoms. The Labute approximate surface area is 117 Å². The summed E-state index contributed by atoms with van der Waals surface area (Å²) in [5.74, 6) is 0. The van der Waals surface area contributed by atoms with Gasteiger partial charge in [0.05, 0.1) is 15.0 Å². The molecule has 2 aromatic heterocycles. The fourth-order valence-corrected chi connectivity index (χ4v) is 3.48. The van der Waals surface area contributed by atoms with Crippen LogP contribution >= 0.6 is 47.8 Å². The molecule has 0 saturated heterocycles. The van der Waals surface area contributed by atoms with Gasteiger partial charge >= 0.3 is 0 Å². The Balaban J connectivity index is 2.48. The average Bonchev–Trinajstić information content (AvgIpc) is 2.75. The maximum atomic E-state index is 12.2. The molecule has 1 aliphatic rings. The van der Waals surface area contributed by atoms with Gasteiger partial charge in [0.1, 0.15) is 10.1 Å². The van der Waals surface area contributed by atoms with Crippen LogP contribution in [0.5, 0.6) is 0 Å². The zero-order valence-electron chi connectivity index (χ0n) is 8.08. The molecule has 1 aliphatic heterocycles. The molecule has 6 heteroatoms. The highest BCUT2D eigenvalue weighted by molar-refractivity contribution is 9.13. The summed E-state index contributed by atoms with van der Waals surface area (Å²) in [6.07, 6.45) is 2.99. The third kappa shape index (κ3) is 1.39. The van der Waals surface area contributed by atoms with Crippen LogP contribution in [0, 0.1) is 0 Å². The van der Waals surface area contributed by atoms with Crippen LogP contribution in [-0.4, -0.2) is 8.97 Å². The molecular formula is C10H7Br3N2O. The van der Waals surface area contributed by atoms with Gasteiger partial charge in [-0.15, -0.1) is 0 Å². The molecular weight excluding hydrogens is 404 g/mol. The normalized spacial score (nSPS) is 19.3. The Morgan fingerprint density at radius 1 is 1.38 bits per heavy atom. The fourth-order valence-electron chi connectivity index (χ4n) is 2.09. The first-order chi connectivity index (χ1) is 7.59. The van der Waals surface area contributed by atoms with Crippen molar-refractivity contribution in [1.29, 1.82) is 0 Å². The molecule has 0 aliphatic carbocycles. The van der Waals surface area contributed by atoms with E-state index < -0.39 is 0 Å². The molecule has 1 unspecified atom stereocenters. The fraction of sp³-hybridized carbons (Fsp3) is 0.300. The molecule has 3 rings (SSSR count). The molecule has 84 valence electrons. The van der Waals surface area contributed by atoms with E-state index in [1.165, 1.54) is 0 Å². The van der Waals surface area contributed by atoms with Crippen LogP contribution < -0.4 is 5.56 Å². The second kappa shape index (κ2) is 3.71. The summed E-state index contributed by atoms with van der Waals surface area (Å²) < 4.78 is 5.51. The highest BCUT2D eigenvalue weighted by Gasteiger charge is 2.23. The summed E-state index contributed by atoms with van der Waals surface area (Å²) in [5, 5.41) is 0. The van der Waals surface area contributed by atoms with Crippen LogP contribution in [0.2, 0.25) is 0 Å². The minimum atomic E-state index is 0.0749. The van der Waals surface area contributed by atoms with Crippen molar-refractivity contribution in [2.24, 2.45) is 0 Å². The van der Waals surface area contributed by atoms with E-state index in [0.717, 1.165) is 27.7 Å². The minimum absolute atomic E-state index is 0.0749. The summed E-state index contributed by atoms with van der Waals surface area (Å²) in [6.45, 7) is 0.793. The Morgan fingerprint density at radius 3 is 2.88 bits per heavy atom. The molecule has 3 nitrogen and oxygen atoms in total. The highest BCUT2D eigenvalue weighted by Crippen LogP contribution is 2.34. The molecule has 0 fully saturated rings. The number of nitrogens with zero attached hydrogens (tertiary/aromatic N) is 2. The molecule has 0 radical (unpaired) electrons. The van der Waals surface area contributed by atoms with E-state index in [-0.39, 0.29) is 10.4 Å². The lowest BCUT2D eigenvalue weighted by Crippen LogP contribution is -2.21. The van der Waals surface area contributed by atoms with Gasteiger partial charge in [-0.1, -0.05) is 15.9 Å². The van der Waals surface area contributed by atoms with Gasteiger partial charge in [0, 0.05) is 12.7 Å². The van der Waals surface area contributed by atoms with Crippen molar-refractivity contribution in [3.8, 4) is 0 Å². The molecule has 0 N–H and O–H groups in total. The van der Waals surface area contributed by atoms with Crippen LogP contribution in [0.4, 0.5) is 0 Å². The van der Waals surface area contributed by atoms with Gasteiger partial charge in [-0.05, 0) is 44.3 Å². The average molecular weight is 411 g/mol. The van der Waals surface area contributed by atoms with Crippen LogP contribution in [0.3, 0.4) is 0 Å². The van der Waals surface area contributed by atoms with Gasteiger partial charge in [-0.3, -0.25) is 4.79 Å². The number of fused-ring (bicyclic) bond motifs is 2. The second-order valence-corrected chi connectivity index (χ2v) is 6.52. The Kier molecular flexibility index (Phi) is 2.56. The van der Waals surface area contributed by atoms with Crippen molar-refractivity contribution < 1.29 is 0 Å². The predicted molar refractivity (Wildman–Crippen MR) is 73.3 cm³/mol. The lowest BCUT2D eigenvalue weighted by molar-refractivity contribution is 0.718. The lowest BCUT2D eigenvalue weighted by atomic mass is 10.3. The monoisotopic (exact) mass is 408 g/mol. The molecule has 1 atom stereocenters. The topological polar surface area (TPSA) is 26.4 Å². The summed E-state index contributed by atoms with van der Waals surface area (Å²) in [4.78, 5) is 12.5. The maximum absolute atomic E-state index is 12.2. The quantitative estimate of drug-likeness (QED) is 0.611. The van der Waals surface area contributed by atoms with E-state index >= 15 is 0 Å². The summed E-state index contributed by atoms with van der Waals surface area (Å²) in [7, 11) is 0. The smallest absolute Gasteiger partial charge is 0.275 e. The molecule has 0 amide bonds. The van der Waals surface area contributed by atoms with Crippen molar-refractivity contribution in [3.63, 3.8) is 0 Å². The maximum Gasteiger partial charge on any atom is 0.275 e. The molecule has 0 saturated carbocycles. The summed E-state index contributed by atoms with van der Waals surface area (Å²) >= 11 is 10.5. The third-order valence-corrected chi connectivity index (χ3v) is 5.77. The standard InChI is InChI=1S/C10H7Br3N2O/c11-5-1-2-14-8(5)4-15-7(10(14)16)3-6(12)9(15)13/h3-5H,1-2H2. The highest BCUT2D eigenvalue weighted by atomic mass is 79.9. The van der Waals surface area contributed by atoms with Crippen molar-refractivity contribution in [2.75, 3.05) is 0 Å². The van der Waals surface area contributed by atoms with Gasteiger partial charge in [0.15, 0.2) is 0 Å². The van der Waals surface area contributed by atoms with Crippen LogP contribution in [0.25, 0.3) is 5.52 Å². The van der Waals surface area contributed by atoms with Gasteiger partial charge in [0.25, 0.3) is 5.56 Å². The first-order valence-corrected chi connectivity index (χ1v) is 7.33. The van der Waals surface area contributed by atoms with Gasteiger partial charge in [-0.2, -0.15) is 0 Å². The first-order valence-electron chi connectivity index (χ1n) is 4.83. The molecule has 0 bridgehead atoms. The van der Waals surface area contributed by atoms with Crippen molar-refractivity contribution in [1.82, 2.24) is 8.97 Å². The predicted octanol–water partition coefficient (Wildman–Crippen LogP) is 3.47. The number of alkyl halides is 1. The largest absolute Gasteiger partial charge is 0.308 e. The van der Waals surface area contributed by atoms with Crippen molar-refractivity contribution in [2.45, 2.75) is 17.8 Å². The Bertz CT molecular complexity index is 644. The number of halogens is 3. The number of aromatic nitrogens is 2. The van der Waals surface area contributed by atoms with Crippen molar-refractivity contribution in [3.05, 3.63) is 37.4 Å². The molecule has 3 heterocycles.